The molecule has 2 rings (SSSR count). The van der Waals surface area contributed by atoms with Gasteiger partial charge in [0.25, 0.3) is 0 Å². The van der Waals surface area contributed by atoms with E-state index in [2.05, 4.69) is 10.5 Å². The van der Waals surface area contributed by atoms with Gasteiger partial charge in [0.15, 0.2) is 0 Å². The Morgan fingerprint density at radius 2 is 2.31 bits per heavy atom. The number of fused-ring (bicyclic) bond motifs is 1. The first-order chi connectivity index (χ1) is 7.85. The van der Waals surface area contributed by atoms with E-state index in [4.69, 9.17) is 9.26 Å². The summed E-state index contributed by atoms with van der Waals surface area (Å²) in [5, 5.41) is 8.19. The summed E-state index contributed by atoms with van der Waals surface area (Å²) >= 11 is 0. The molecule has 1 aromatic carbocycles. The lowest BCUT2D eigenvalue weighted by molar-refractivity contribution is 0.387. The van der Waals surface area contributed by atoms with E-state index in [1.807, 2.05) is 25.2 Å². The molecular formula is C12H16N2O2. The highest BCUT2D eigenvalue weighted by Gasteiger charge is 2.08. The molecule has 2 aromatic rings. The fourth-order valence-electron chi connectivity index (χ4n) is 1.70. The number of nitrogens with one attached hydrogen (secondary N) is 1. The van der Waals surface area contributed by atoms with Crippen molar-refractivity contribution in [2.45, 2.75) is 12.8 Å². The van der Waals surface area contributed by atoms with Gasteiger partial charge in [-0.2, -0.15) is 0 Å². The minimum atomic E-state index is 0.838. The third-order valence-electron chi connectivity index (χ3n) is 2.59. The molecule has 0 amide bonds. The number of aromatic nitrogens is 1. The predicted octanol–water partition coefficient (Wildman–Crippen LogP) is 1.99. The summed E-state index contributed by atoms with van der Waals surface area (Å²) in [6, 6.07) is 5.78. The predicted molar refractivity (Wildman–Crippen MR) is 62.8 cm³/mol. The second-order valence-corrected chi connectivity index (χ2v) is 3.70. The molecule has 0 bridgehead atoms. The van der Waals surface area contributed by atoms with Crippen molar-refractivity contribution < 1.29 is 9.26 Å². The molecule has 1 N–H and O–H groups in total. The molecule has 1 heterocycles. The SMILES string of the molecule is CNCCCc1onc2ccc(OC)cc12. The maximum absolute atomic E-state index is 5.33. The first-order valence-electron chi connectivity index (χ1n) is 5.42. The van der Waals surface area contributed by atoms with Crippen LogP contribution in [0.4, 0.5) is 0 Å². The van der Waals surface area contributed by atoms with E-state index < -0.39 is 0 Å². The number of rotatable bonds is 5. The Morgan fingerprint density at radius 3 is 3.06 bits per heavy atom. The molecule has 4 heteroatoms. The van der Waals surface area contributed by atoms with Crippen molar-refractivity contribution in [2.75, 3.05) is 20.7 Å². The third-order valence-corrected chi connectivity index (χ3v) is 2.59. The summed E-state index contributed by atoms with van der Waals surface area (Å²) in [5.41, 5.74) is 0.889. The van der Waals surface area contributed by atoms with Crippen molar-refractivity contribution in [1.82, 2.24) is 10.5 Å². The third kappa shape index (κ3) is 2.17. The van der Waals surface area contributed by atoms with E-state index in [1.54, 1.807) is 7.11 Å². The lowest BCUT2D eigenvalue weighted by Gasteiger charge is -1.99. The highest BCUT2D eigenvalue weighted by molar-refractivity contribution is 5.81. The standard InChI is InChI=1S/C12H16N2O2/c1-13-7-3-4-12-10-8-9(15-2)5-6-11(10)14-16-12/h5-6,8,13H,3-4,7H2,1-2H3. The quantitative estimate of drug-likeness (QED) is 0.783. The molecule has 0 spiro atoms. The normalized spacial score (nSPS) is 10.9. The van der Waals surface area contributed by atoms with Gasteiger partial charge in [-0.05, 0) is 38.2 Å². The van der Waals surface area contributed by atoms with Crippen LogP contribution in [0, 0.1) is 0 Å². The van der Waals surface area contributed by atoms with Crippen LogP contribution in [0.1, 0.15) is 12.2 Å². The minimum Gasteiger partial charge on any atom is -0.497 e. The average molecular weight is 220 g/mol. The van der Waals surface area contributed by atoms with Gasteiger partial charge < -0.3 is 14.6 Å². The number of benzene rings is 1. The van der Waals surface area contributed by atoms with Crippen LogP contribution in [0.3, 0.4) is 0 Å². The molecule has 0 unspecified atom stereocenters. The van der Waals surface area contributed by atoms with Crippen LogP contribution in [0.25, 0.3) is 10.9 Å². The van der Waals surface area contributed by atoms with Crippen LogP contribution < -0.4 is 10.1 Å². The van der Waals surface area contributed by atoms with Crippen molar-refractivity contribution >= 4 is 10.9 Å². The van der Waals surface area contributed by atoms with E-state index in [-0.39, 0.29) is 0 Å². The fourth-order valence-corrected chi connectivity index (χ4v) is 1.70. The maximum Gasteiger partial charge on any atom is 0.144 e. The van der Waals surface area contributed by atoms with Gasteiger partial charge in [-0.25, -0.2) is 0 Å². The summed E-state index contributed by atoms with van der Waals surface area (Å²) in [6.07, 6.45) is 1.93. The number of nitrogens with zero attached hydrogens (tertiary/aromatic N) is 1. The number of methoxy groups -OCH3 is 1. The van der Waals surface area contributed by atoms with Crippen LogP contribution in [0.5, 0.6) is 5.75 Å². The van der Waals surface area contributed by atoms with Crippen LogP contribution in [-0.2, 0) is 6.42 Å². The lowest BCUT2D eigenvalue weighted by Crippen LogP contribution is -2.08. The molecule has 0 atom stereocenters. The van der Waals surface area contributed by atoms with Crippen molar-refractivity contribution in [3.8, 4) is 5.75 Å². The highest BCUT2D eigenvalue weighted by Crippen LogP contribution is 2.24. The van der Waals surface area contributed by atoms with Gasteiger partial charge in [0.05, 0.1) is 7.11 Å². The van der Waals surface area contributed by atoms with E-state index in [9.17, 15) is 0 Å². The van der Waals surface area contributed by atoms with Crippen molar-refractivity contribution in [3.63, 3.8) is 0 Å². The smallest absolute Gasteiger partial charge is 0.144 e. The summed E-state index contributed by atoms with van der Waals surface area (Å²) in [4.78, 5) is 0. The van der Waals surface area contributed by atoms with E-state index in [0.717, 1.165) is 41.8 Å². The Balaban J connectivity index is 2.24. The van der Waals surface area contributed by atoms with Gasteiger partial charge in [0.1, 0.15) is 17.0 Å². The molecule has 16 heavy (non-hydrogen) atoms. The summed E-state index contributed by atoms with van der Waals surface area (Å²) in [5.74, 6) is 1.77. The molecule has 4 nitrogen and oxygen atoms in total. The van der Waals surface area contributed by atoms with Gasteiger partial charge >= 0.3 is 0 Å². The zero-order chi connectivity index (χ0) is 11.4. The van der Waals surface area contributed by atoms with Crippen molar-refractivity contribution in [2.24, 2.45) is 0 Å². The summed E-state index contributed by atoms with van der Waals surface area (Å²) in [7, 11) is 3.61. The molecule has 0 aliphatic rings. The monoisotopic (exact) mass is 220 g/mol. The summed E-state index contributed by atoms with van der Waals surface area (Å²) < 4.78 is 10.5. The molecule has 0 saturated heterocycles. The van der Waals surface area contributed by atoms with Crippen LogP contribution >= 0.6 is 0 Å². The number of aryl methyl sites for hydroxylation is 1. The molecule has 0 fully saturated rings. The second kappa shape index (κ2) is 4.99. The Bertz CT molecular complexity index is 465. The van der Waals surface area contributed by atoms with Gasteiger partial charge in [-0.15, -0.1) is 0 Å². The van der Waals surface area contributed by atoms with Crippen molar-refractivity contribution in [1.29, 1.82) is 0 Å². The van der Waals surface area contributed by atoms with Crippen LogP contribution in [0.15, 0.2) is 22.7 Å². The molecule has 1 aromatic heterocycles. The highest BCUT2D eigenvalue weighted by atomic mass is 16.5. The zero-order valence-electron chi connectivity index (χ0n) is 9.62. The Morgan fingerprint density at radius 1 is 1.44 bits per heavy atom. The Kier molecular flexibility index (Phi) is 3.41. The van der Waals surface area contributed by atoms with Gasteiger partial charge in [-0.3, -0.25) is 0 Å². The lowest BCUT2D eigenvalue weighted by atomic mass is 10.1. The van der Waals surface area contributed by atoms with E-state index in [1.165, 1.54) is 0 Å². The summed E-state index contributed by atoms with van der Waals surface area (Å²) in [6.45, 7) is 0.978. The number of hydrogen-bond acceptors (Lipinski definition) is 4. The van der Waals surface area contributed by atoms with E-state index in [0.29, 0.717) is 0 Å². The van der Waals surface area contributed by atoms with Crippen LogP contribution in [-0.4, -0.2) is 25.9 Å². The molecule has 0 radical (unpaired) electrons. The first kappa shape index (κ1) is 11.0. The average Bonchev–Trinajstić information content (AvgIpc) is 2.72. The van der Waals surface area contributed by atoms with Crippen LogP contribution in [0.2, 0.25) is 0 Å². The minimum absolute atomic E-state index is 0.838. The largest absolute Gasteiger partial charge is 0.497 e. The second-order valence-electron chi connectivity index (χ2n) is 3.70. The molecule has 0 saturated carbocycles. The number of hydrogen-bond donors (Lipinski definition) is 1. The van der Waals surface area contributed by atoms with Crippen molar-refractivity contribution in [3.05, 3.63) is 24.0 Å². The first-order valence-corrected chi connectivity index (χ1v) is 5.42. The van der Waals surface area contributed by atoms with Gasteiger partial charge in [0, 0.05) is 11.8 Å². The Labute approximate surface area is 94.6 Å². The van der Waals surface area contributed by atoms with E-state index >= 15 is 0 Å². The topological polar surface area (TPSA) is 47.3 Å². The molecule has 0 aliphatic carbocycles. The fraction of sp³-hybridized carbons (Fsp3) is 0.417. The van der Waals surface area contributed by atoms with Gasteiger partial charge in [-0.1, -0.05) is 5.16 Å². The zero-order valence-corrected chi connectivity index (χ0v) is 9.62. The Hall–Kier alpha value is -1.55. The maximum atomic E-state index is 5.33. The number of ether oxygens (including phenoxy) is 1. The molecule has 86 valence electrons. The molecule has 0 aliphatic heterocycles. The molecular weight excluding hydrogens is 204 g/mol. The van der Waals surface area contributed by atoms with Gasteiger partial charge in [0.2, 0.25) is 0 Å².